The summed E-state index contributed by atoms with van der Waals surface area (Å²) in [6, 6.07) is 6.36. The maximum Gasteiger partial charge on any atom is 0.140 e. The van der Waals surface area contributed by atoms with Crippen LogP contribution in [0, 0.1) is 25.7 Å². The van der Waals surface area contributed by atoms with E-state index in [0.717, 1.165) is 5.56 Å². The van der Waals surface area contributed by atoms with Crippen LogP contribution in [-0.2, 0) is 11.2 Å². The first-order valence-corrected chi connectivity index (χ1v) is 6.00. The number of hydrogen-bond donors (Lipinski definition) is 0. The molecule has 0 aliphatic rings. The molecule has 0 saturated carbocycles. The van der Waals surface area contributed by atoms with Gasteiger partial charge in [-0.05, 0) is 25.3 Å². The molecule has 0 bridgehead atoms. The Morgan fingerprint density at radius 2 is 1.56 bits per heavy atom. The van der Waals surface area contributed by atoms with Gasteiger partial charge in [-0.25, -0.2) is 0 Å². The molecule has 1 aromatic rings. The largest absolute Gasteiger partial charge is 0.299 e. The van der Waals surface area contributed by atoms with Crippen molar-refractivity contribution in [2.75, 3.05) is 0 Å². The van der Waals surface area contributed by atoms with Crippen LogP contribution in [0.1, 0.15) is 37.5 Å². The zero-order valence-corrected chi connectivity index (χ0v) is 11.0. The lowest BCUT2D eigenvalue weighted by molar-refractivity contribution is -0.122. The highest BCUT2D eigenvalue weighted by Crippen LogP contribution is 2.16. The SMILES string of the molecule is Cc1cc(C)cc(CC(=O)C(C)C(C)C)c1. The lowest BCUT2D eigenvalue weighted by atomic mass is 9.89. The van der Waals surface area contributed by atoms with Crippen LogP contribution in [0.15, 0.2) is 18.2 Å². The first kappa shape index (κ1) is 13.0. The molecular weight excluding hydrogens is 196 g/mol. The molecule has 1 heteroatoms. The fourth-order valence-electron chi connectivity index (χ4n) is 1.91. The van der Waals surface area contributed by atoms with E-state index >= 15 is 0 Å². The molecule has 0 radical (unpaired) electrons. The van der Waals surface area contributed by atoms with Crippen LogP contribution in [0.5, 0.6) is 0 Å². The Morgan fingerprint density at radius 1 is 1.06 bits per heavy atom. The molecule has 0 fully saturated rings. The number of ketones is 1. The van der Waals surface area contributed by atoms with E-state index in [-0.39, 0.29) is 5.92 Å². The third-order valence-corrected chi connectivity index (χ3v) is 3.17. The first-order chi connectivity index (χ1) is 7.40. The molecular formula is C15H22O. The molecule has 1 rings (SSSR count). The van der Waals surface area contributed by atoms with Crippen LogP contribution in [0.3, 0.4) is 0 Å². The minimum absolute atomic E-state index is 0.154. The van der Waals surface area contributed by atoms with E-state index in [1.165, 1.54) is 11.1 Å². The van der Waals surface area contributed by atoms with E-state index in [9.17, 15) is 4.79 Å². The molecule has 0 saturated heterocycles. The number of carbonyl (C=O) groups is 1. The number of rotatable bonds is 4. The molecule has 0 aromatic heterocycles. The van der Waals surface area contributed by atoms with Crippen molar-refractivity contribution < 1.29 is 4.79 Å². The van der Waals surface area contributed by atoms with Crippen molar-refractivity contribution in [2.45, 2.75) is 41.0 Å². The monoisotopic (exact) mass is 218 g/mol. The second-order valence-electron chi connectivity index (χ2n) is 5.17. The zero-order valence-electron chi connectivity index (χ0n) is 11.0. The maximum atomic E-state index is 12.0. The Balaban J connectivity index is 2.77. The molecule has 16 heavy (non-hydrogen) atoms. The van der Waals surface area contributed by atoms with Crippen LogP contribution in [0.25, 0.3) is 0 Å². The molecule has 0 aliphatic carbocycles. The average Bonchev–Trinajstić information content (AvgIpc) is 2.14. The highest BCUT2D eigenvalue weighted by molar-refractivity contribution is 5.83. The number of aryl methyl sites for hydroxylation is 2. The van der Waals surface area contributed by atoms with Gasteiger partial charge in [-0.15, -0.1) is 0 Å². The molecule has 0 aliphatic heterocycles. The number of hydrogen-bond acceptors (Lipinski definition) is 1. The lowest BCUT2D eigenvalue weighted by Crippen LogP contribution is -2.18. The smallest absolute Gasteiger partial charge is 0.140 e. The van der Waals surface area contributed by atoms with Gasteiger partial charge in [-0.3, -0.25) is 4.79 Å². The second kappa shape index (κ2) is 5.29. The third kappa shape index (κ3) is 3.48. The normalized spacial score (nSPS) is 12.9. The Bertz CT molecular complexity index is 357. The summed E-state index contributed by atoms with van der Waals surface area (Å²) in [5.74, 6) is 0.930. The molecule has 1 nitrogen and oxygen atoms in total. The summed E-state index contributed by atoms with van der Waals surface area (Å²) in [5.41, 5.74) is 3.62. The summed E-state index contributed by atoms with van der Waals surface area (Å²) in [4.78, 5) is 12.0. The second-order valence-corrected chi connectivity index (χ2v) is 5.17. The molecule has 0 amide bonds. The predicted molar refractivity (Wildman–Crippen MR) is 68.6 cm³/mol. The fourth-order valence-corrected chi connectivity index (χ4v) is 1.91. The van der Waals surface area contributed by atoms with Gasteiger partial charge in [0.25, 0.3) is 0 Å². The van der Waals surface area contributed by atoms with E-state index in [4.69, 9.17) is 0 Å². The van der Waals surface area contributed by atoms with Gasteiger partial charge in [0.15, 0.2) is 0 Å². The molecule has 88 valence electrons. The van der Waals surface area contributed by atoms with Crippen LogP contribution in [0.2, 0.25) is 0 Å². The summed E-state index contributed by atoms with van der Waals surface area (Å²) in [6.45, 7) is 10.4. The molecule has 0 heterocycles. The van der Waals surface area contributed by atoms with E-state index in [0.29, 0.717) is 18.1 Å². The van der Waals surface area contributed by atoms with E-state index in [2.05, 4.69) is 45.9 Å². The van der Waals surface area contributed by atoms with Gasteiger partial charge in [0.05, 0.1) is 0 Å². The minimum Gasteiger partial charge on any atom is -0.299 e. The Morgan fingerprint density at radius 3 is 2.00 bits per heavy atom. The summed E-state index contributed by atoms with van der Waals surface area (Å²) in [6.07, 6.45) is 0.571. The molecule has 0 spiro atoms. The molecule has 0 N–H and O–H groups in total. The Hall–Kier alpha value is -1.11. The highest BCUT2D eigenvalue weighted by Gasteiger charge is 2.16. The maximum absolute atomic E-state index is 12.0. The molecule has 1 aromatic carbocycles. The van der Waals surface area contributed by atoms with Crippen LogP contribution >= 0.6 is 0 Å². The van der Waals surface area contributed by atoms with E-state index in [1.807, 2.05) is 6.92 Å². The standard InChI is InChI=1S/C15H22O/c1-10(2)13(5)15(16)9-14-7-11(3)6-12(4)8-14/h6-8,10,13H,9H2,1-5H3. The van der Waals surface area contributed by atoms with Crippen molar-refractivity contribution in [1.29, 1.82) is 0 Å². The van der Waals surface area contributed by atoms with Crippen molar-refractivity contribution >= 4 is 5.78 Å². The van der Waals surface area contributed by atoms with Gasteiger partial charge in [0.1, 0.15) is 5.78 Å². The average molecular weight is 218 g/mol. The highest BCUT2D eigenvalue weighted by atomic mass is 16.1. The molecule has 1 atom stereocenters. The van der Waals surface area contributed by atoms with Gasteiger partial charge in [0, 0.05) is 12.3 Å². The summed E-state index contributed by atoms with van der Waals surface area (Å²) < 4.78 is 0. The Labute approximate surface area is 98.9 Å². The van der Waals surface area contributed by atoms with Crippen molar-refractivity contribution in [3.63, 3.8) is 0 Å². The number of Topliss-reactive ketones (excluding diaryl/α,β-unsaturated/α-hetero) is 1. The summed E-state index contributed by atoms with van der Waals surface area (Å²) >= 11 is 0. The van der Waals surface area contributed by atoms with Crippen LogP contribution < -0.4 is 0 Å². The minimum atomic E-state index is 0.154. The van der Waals surface area contributed by atoms with Crippen molar-refractivity contribution in [3.05, 3.63) is 34.9 Å². The number of benzene rings is 1. The van der Waals surface area contributed by atoms with Gasteiger partial charge in [-0.2, -0.15) is 0 Å². The van der Waals surface area contributed by atoms with Gasteiger partial charge in [0.2, 0.25) is 0 Å². The predicted octanol–water partition coefficient (Wildman–Crippen LogP) is 3.71. The Kier molecular flexibility index (Phi) is 4.28. The summed E-state index contributed by atoms with van der Waals surface area (Å²) in [5, 5.41) is 0. The fraction of sp³-hybridized carbons (Fsp3) is 0.533. The number of carbonyl (C=O) groups excluding carboxylic acids is 1. The van der Waals surface area contributed by atoms with Crippen molar-refractivity contribution in [2.24, 2.45) is 11.8 Å². The topological polar surface area (TPSA) is 17.1 Å². The van der Waals surface area contributed by atoms with Gasteiger partial charge >= 0.3 is 0 Å². The zero-order chi connectivity index (χ0) is 12.3. The van der Waals surface area contributed by atoms with Crippen LogP contribution in [-0.4, -0.2) is 5.78 Å². The van der Waals surface area contributed by atoms with Crippen molar-refractivity contribution in [3.8, 4) is 0 Å². The molecule has 1 unspecified atom stereocenters. The lowest BCUT2D eigenvalue weighted by Gasteiger charge is -2.14. The summed E-state index contributed by atoms with van der Waals surface area (Å²) in [7, 11) is 0. The van der Waals surface area contributed by atoms with E-state index in [1.54, 1.807) is 0 Å². The first-order valence-electron chi connectivity index (χ1n) is 6.00. The van der Waals surface area contributed by atoms with Gasteiger partial charge < -0.3 is 0 Å². The third-order valence-electron chi connectivity index (χ3n) is 3.17. The van der Waals surface area contributed by atoms with E-state index < -0.39 is 0 Å². The quantitative estimate of drug-likeness (QED) is 0.753. The van der Waals surface area contributed by atoms with Crippen molar-refractivity contribution in [1.82, 2.24) is 0 Å². The van der Waals surface area contributed by atoms with Crippen LogP contribution in [0.4, 0.5) is 0 Å². The van der Waals surface area contributed by atoms with Gasteiger partial charge in [-0.1, -0.05) is 50.1 Å².